The quantitative estimate of drug-likeness (QED) is 0.678. The Morgan fingerprint density at radius 1 is 1.60 bits per heavy atom. The number of carbonyl (C=O) groups is 1. The molecular formula is C14H19ClN2O3. The lowest BCUT2D eigenvalue weighted by Crippen LogP contribution is -2.44. The van der Waals surface area contributed by atoms with Gasteiger partial charge in [-0.2, -0.15) is 0 Å². The summed E-state index contributed by atoms with van der Waals surface area (Å²) in [7, 11) is 0. The number of halogens is 1. The summed E-state index contributed by atoms with van der Waals surface area (Å²) in [5.41, 5.74) is 6.44. The van der Waals surface area contributed by atoms with Crippen LogP contribution < -0.4 is 5.73 Å². The minimum absolute atomic E-state index is 0.0723. The number of benzene rings is 1. The van der Waals surface area contributed by atoms with Crippen LogP contribution in [0.4, 0.5) is 5.69 Å². The fraction of sp³-hybridized carbons (Fsp3) is 0.500. The Morgan fingerprint density at radius 3 is 3.10 bits per heavy atom. The number of nitrogens with two attached hydrogens (primary N) is 1. The lowest BCUT2D eigenvalue weighted by atomic mass is 10.2. The van der Waals surface area contributed by atoms with Gasteiger partial charge in [0.2, 0.25) is 0 Å². The van der Waals surface area contributed by atoms with Crippen molar-refractivity contribution in [2.24, 2.45) is 0 Å². The SMILES string of the molecule is CCN1CCOC(COC(=O)c2ccc(N)c(Cl)c2)C1. The van der Waals surface area contributed by atoms with Crippen molar-refractivity contribution in [3.8, 4) is 0 Å². The molecule has 0 aliphatic carbocycles. The number of rotatable bonds is 4. The normalized spacial score (nSPS) is 19.8. The van der Waals surface area contributed by atoms with Crippen molar-refractivity contribution in [2.45, 2.75) is 13.0 Å². The van der Waals surface area contributed by atoms with E-state index in [4.69, 9.17) is 26.8 Å². The second-order valence-corrected chi connectivity index (χ2v) is 5.13. The first-order valence-corrected chi connectivity index (χ1v) is 7.04. The highest BCUT2D eigenvalue weighted by Gasteiger charge is 2.21. The van der Waals surface area contributed by atoms with E-state index in [1.165, 1.54) is 6.07 Å². The van der Waals surface area contributed by atoms with Gasteiger partial charge in [0.05, 0.1) is 22.9 Å². The van der Waals surface area contributed by atoms with Gasteiger partial charge in [0.15, 0.2) is 0 Å². The number of anilines is 1. The number of hydrogen-bond donors (Lipinski definition) is 1. The third kappa shape index (κ3) is 3.85. The number of carbonyl (C=O) groups excluding carboxylic acids is 1. The molecule has 1 fully saturated rings. The smallest absolute Gasteiger partial charge is 0.338 e. The number of ether oxygens (including phenoxy) is 2. The summed E-state index contributed by atoms with van der Waals surface area (Å²) in [6, 6.07) is 4.71. The molecule has 0 amide bonds. The van der Waals surface area contributed by atoms with Gasteiger partial charge in [0, 0.05) is 13.1 Å². The zero-order valence-corrected chi connectivity index (χ0v) is 12.2. The van der Waals surface area contributed by atoms with Crippen molar-refractivity contribution >= 4 is 23.3 Å². The number of likely N-dealkylation sites (N-methyl/N-ethyl adjacent to an activating group) is 1. The molecule has 1 atom stereocenters. The van der Waals surface area contributed by atoms with E-state index >= 15 is 0 Å². The van der Waals surface area contributed by atoms with E-state index in [-0.39, 0.29) is 12.7 Å². The van der Waals surface area contributed by atoms with Crippen LogP contribution in [0.5, 0.6) is 0 Å². The molecule has 1 aromatic rings. The maximum Gasteiger partial charge on any atom is 0.338 e. The summed E-state index contributed by atoms with van der Waals surface area (Å²) in [5.74, 6) is -0.413. The number of nitrogen functional groups attached to an aromatic ring is 1. The Labute approximate surface area is 123 Å². The minimum atomic E-state index is -0.413. The van der Waals surface area contributed by atoms with E-state index < -0.39 is 5.97 Å². The Kier molecular flexibility index (Phi) is 5.23. The molecule has 0 aromatic heterocycles. The van der Waals surface area contributed by atoms with Crippen molar-refractivity contribution in [3.05, 3.63) is 28.8 Å². The van der Waals surface area contributed by atoms with Crippen LogP contribution in [0.25, 0.3) is 0 Å². The topological polar surface area (TPSA) is 64.8 Å². The number of esters is 1. The summed E-state index contributed by atoms with van der Waals surface area (Å²) in [6.45, 7) is 5.70. The molecule has 1 aliphatic rings. The molecule has 0 bridgehead atoms. The summed E-state index contributed by atoms with van der Waals surface area (Å²) in [6.07, 6.45) is -0.0723. The predicted molar refractivity (Wildman–Crippen MR) is 78.0 cm³/mol. The van der Waals surface area contributed by atoms with Crippen LogP contribution in [0.15, 0.2) is 18.2 Å². The molecule has 5 nitrogen and oxygen atoms in total. The Hall–Kier alpha value is -1.30. The average Bonchev–Trinajstić information content (AvgIpc) is 2.47. The van der Waals surface area contributed by atoms with E-state index in [0.717, 1.165) is 19.6 Å². The Morgan fingerprint density at radius 2 is 2.40 bits per heavy atom. The first kappa shape index (κ1) is 15.1. The van der Waals surface area contributed by atoms with Crippen LogP contribution >= 0.6 is 11.6 Å². The molecular weight excluding hydrogens is 280 g/mol. The minimum Gasteiger partial charge on any atom is -0.459 e. The van der Waals surface area contributed by atoms with Gasteiger partial charge < -0.3 is 15.2 Å². The highest BCUT2D eigenvalue weighted by molar-refractivity contribution is 6.33. The summed E-state index contributed by atoms with van der Waals surface area (Å²) < 4.78 is 10.8. The van der Waals surface area contributed by atoms with E-state index in [0.29, 0.717) is 22.9 Å². The second kappa shape index (κ2) is 6.92. The molecule has 2 N–H and O–H groups in total. The van der Waals surface area contributed by atoms with Gasteiger partial charge in [-0.15, -0.1) is 0 Å². The van der Waals surface area contributed by atoms with Gasteiger partial charge in [0.25, 0.3) is 0 Å². The van der Waals surface area contributed by atoms with E-state index in [1.54, 1.807) is 12.1 Å². The summed E-state index contributed by atoms with van der Waals surface area (Å²) >= 11 is 5.88. The van der Waals surface area contributed by atoms with Crippen LogP contribution in [0.1, 0.15) is 17.3 Å². The fourth-order valence-electron chi connectivity index (χ4n) is 2.07. The maximum atomic E-state index is 11.9. The molecule has 1 heterocycles. The highest BCUT2D eigenvalue weighted by atomic mass is 35.5. The molecule has 0 saturated carbocycles. The van der Waals surface area contributed by atoms with Crippen molar-refractivity contribution in [3.63, 3.8) is 0 Å². The van der Waals surface area contributed by atoms with E-state index in [2.05, 4.69) is 11.8 Å². The predicted octanol–water partition coefficient (Wildman–Crippen LogP) is 1.80. The van der Waals surface area contributed by atoms with Gasteiger partial charge in [-0.3, -0.25) is 4.90 Å². The zero-order chi connectivity index (χ0) is 14.5. The largest absolute Gasteiger partial charge is 0.459 e. The van der Waals surface area contributed by atoms with Crippen molar-refractivity contribution in [2.75, 3.05) is 38.6 Å². The second-order valence-electron chi connectivity index (χ2n) is 4.72. The number of nitrogens with zero attached hydrogens (tertiary/aromatic N) is 1. The lowest BCUT2D eigenvalue weighted by Gasteiger charge is -2.31. The maximum absolute atomic E-state index is 11.9. The van der Waals surface area contributed by atoms with Crippen LogP contribution in [0.3, 0.4) is 0 Å². The molecule has 20 heavy (non-hydrogen) atoms. The van der Waals surface area contributed by atoms with Crippen molar-refractivity contribution < 1.29 is 14.3 Å². The molecule has 0 spiro atoms. The van der Waals surface area contributed by atoms with E-state index in [1.807, 2.05) is 0 Å². The van der Waals surface area contributed by atoms with Crippen LogP contribution in [-0.2, 0) is 9.47 Å². The molecule has 2 rings (SSSR count). The highest BCUT2D eigenvalue weighted by Crippen LogP contribution is 2.20. The van der Waals surface area contributed by atoms with Gasteiger partial charge in [-0.25, -0.2) is 4.79 Å². The third-order valence-corrected chi connectivity index (χ3v) is 3.63. The number of morpholine rings is 1. The molecule has 1 aliphatic heterocycles. The van der Waals surface area contributed by atoms with E-state index in [9.17, 15) is 4.79 Å². The van der Waals surface area contributed by atoms with Crippen LogP contribution in [-0.4, -0.2) is 49.8 Å². The Bertz CT molecular complexity index is 481. The zero-order valence-electron chi connectivity index (χ0n) is 11.5. The van der Waals surface area contributed by atoms with Crippen molar-refractivity contribution in [1.82, 2.24) is 4.90 Å². The molecule has 0 radical (unpaired) electrons. The monoisotopic (exact) mass is 298 g/mol. The molecule has 110 valence electrons. The van der Waals surface area contributed by atoms with Gasteiger partial charge in [-0.1, -0.05) is 18.5 Å². The molecule has 1 saturated heterocycles. The summed E-state index contributed by atoms with van der Waals surface area (Å²) in [4.78, 5) is 14.2. The van der Waals surface area contributed by atoms with Gasteiger partial charge >= 0.3 is 5.97 Å². The molecule has 6 heteroatoms. The Balaban J connectivity index is 1.87. The van der Waals surface area contributed by atoms with Gasteiger partial charge in [0.1, 0.15) is 12.7 Å². The average molecular weight is 299 g/mol. The number of hydrogen-bond acceptors (Lipinski definition) is 5. The standard InChI is InChI=1S/C14H19ClN2O3/c1-2-17-5-6-19-11(8-17)9-20-14(18)10-3-4-13(16)12(15)7-10/h3-4,7,11H,2,5-6,8-9,16H2,1H3. The molecule has 1 unspecified atom stereocenters. The van der Waals surface area contributed by atoms with Crippen LogP contribution in [0.2, 0.25) is 5.02 Å². The third-order valence-electron chi connectivity index (χ3n) is 3.31. The molecule has 1 aromatic carbocycles. The van der Waals surface area contributed by atoms with Crippen LogP contribution in [0, 0.1) is 0 Å². The summed E-state index contributed by atoms with van der Waals surface area (Å²) in [5, 5.41) is 0.352. The lowest BCUT2D eigenvalue weighted by molar-refractivity contribution is -0.0578. The fourth-order valence-corrected chi connectivity index (χ4v) is 2.26. The first-order valence-electron chi connectivity index (χ1n) is 6.66. The van der Waals surface area contributed by atoms with Crippen molar-refractivity contribution in [1.29, 1.82) is 0 Å². The van der Waals surface area contributed by atoms with Gasteiger partial charge in [-0.05, 0) is 24.7 Å². The first-order chi connectivity index (χ1) is 9.60.